The standard InChI is InChI=1S/C18H22N2O3.C17H26BrN3O3Si.C16H23BrN2O4Si.C13H15BrN2O2.C5H8O.C4H8O.C2H7N/c1-6-19-16(21)14-11(2)9-13-15(14)12(7-8-18(3,4)23)10-20(5)17(13)22;1-11-13(16(22)19-2)14-12(18)9-20(3)17(23)15(14)21(11)10-24-7-8-25(4,5)6;1-10-12(16(21)22)13-11(17)8-18(2)15(20)14(13)19(10)9-23-6-7-24(3,4)5;1-4-15-12(17)10-7(2)5-8-11(10)9(14)6-16(3)13(8)18;1-4-5(2,3)6;1-2-4-5-3-1;1-2-3/h10,23H,6,9H2,1-5H3,(H,19,21);9H,7-8,10H2,1-6H3,(H,19,22);8H,6-7,9H2,1-5H3,(H,21,22);6H,4-5H2,1-3H3,(H,15,17);1,6H,2-3H3;1-4H2;2-3H2,1H3. The van der Waals surface area contributed by atoms with Gasteiger partial charge in [0.2, 0.25) is 0 Å². The van der Waals surface area contributed by atoms with Gasteiger partial charge in [-0.3, -0.25) is 33.6 Å². The molecule has 2 aliphatic carbocycles. The lowest BCUT2D eigenvalue weighted by Crippen LogP contribution is -2.26. The number of nitrogens with two attached hydrogens (primary N) is 1. The average Bonchev–Trinajstić information content (AvgIpc) is 1.60. The molecule has 0 atom stereocenters. The molecule has 29 heteroatoms. The van der Waals surface area contributed by atoms with E-state index in [0.29, 0.717) is 115 Å². The molecule has 8 N–H and O–H groups in total. The summed E-state index contributed by atoms with van der Waals surface area (Å²) in [5.41, 5.74) is 11.2. The summed E-state index contributed by atoms with van der Waals surface area (Å²) in [7, 11) is 5.92. The first-order valence-corrected chi connectivity index (χ1v) is 44.2. The number of hydrogen-bond donors (Lipinski definition) is 7. The number of amides is 3. The molecular weight excluding hydrogens is 1560 g/mol. The van der Waals surface area contributed by atoms with E-state index in [1.807, 2.05) is 41.5 Å². The summed E-state index contributed by atoms with van der Waals surface area (Å²) in [6.45, 7) is 38.5. The Morgan fingerprint density at radius 3 is 1.34 bits per heavy atom. The maximum absolute atomic E-state index is 12.7. The zero-order valence-corrected chi connectivity index (χ0v) is 71.5. The number of pyridine rings is 4. The van der Waals surface area contributed by atoms with Gasteiger partial charge in [0.25, 0.3) is 40.0 Å². The molecule has 9 rings (SSSR count). The number of carboxylic acid groups (broad SMARTS) is 1. The quantitative estimate of drug-likeness (QED) is 0.0269. The molecule has 1 fully saturated rings. The van der Waals surface area contributed by atoms with Crippen LogP contribution in [-0.2, 0) is 78.3 Å². The first kappa shape index (κ1) is 91.2. The van der Waals surface area contributed by atoms with Gasteiger partial charge in [-0.15, -0.1) is 6.42 Å². The van der Waals surface area contributed by atoms with Crippen LogP contribution in [-0.4, -0.2) is 147 Å². The van der Waals surface area contributed by atoms with Crippen molar-refractivity contribution in [2.45, 2.75) is 178 Å². The van der Waals surface area contributed by atoms with Crippen LogP contribution in [0, 0.1) is 38.0 Å². The minimum atomic E-state index is -1.21. The Morgan fingerprint density at radius 2 is 0.981 bits per heavy atom. The number of nitrogens with one attached hydrogen (secondary N) is 3. The fourth-order valence-electron chi connectivity index (χ4n) is 10.9. The van der Waals surface area contributed by atoms with Gasteiger partial charge < -0.3 is 78.6 Å². The van der Waals surface area contributed by atoms with Crippen LogP contribution in [0.15, 0.2) is 68.5 Å². The molecule has 0 spiro atoms. The minimum Gasteiger partial charge on any atom is -0.478 e. The highest BCUT2D eigenvalue weighted by Gasteiger charge is 2.32. The Balaban J connectivity index is 0.000000339. The Labute approximate surface area is 638 Å². The number of rotatable bonds is 16. The number of likely N-dealkylation sites (N-methyl/N-ethyl adjacent to an activating group) is 2. The topological polar surface area (TPSA) is 317 Å². The number of carbonyl (C=O) groups excluding carboxylic acids is 3. The summed E-state index contributed by atoms with van der Waals surface area (Å²) in [6, 6.07) is 2.06. The van der Waals surface area contributed by atoms with Crippen molar-refractivity contribution in [1.29, 1.82) is 0 Å². The fraction of sp³-hybridized carbons (Fsp3) is 0.520. The lowest BCUT2D eigenvalue weighted by molar-refractivity contribution is -0.116. The molecule has 0 radical (unpaired) electrons. The summed E-state index contributed by atoms with van der Waals surface area (Å²) in [5, 5.41) is 37.3. The molecule has 3 amide bonds. The molecule has 6 aromatic heterocycles. The van der Waals surface area contributed by atoms with Crippen LogP contribution >= 0.6 is 47.8 Å². The second kappa shape index (κ2) is 40.1. The van der Waals surface area contributed by atoms with E-state index in [9.17, 15) is 48.6 Å². The van der Waals surface area contributed by atoms with E-state index in [0.717, 1.165) is 58.7 Å². The van der Waals surface area contributed by atoms with Crippen LogP contribution in [0.1, 0.15) is 135 Å². The van der Waals surface area contributed by atoms with Gasteiger partial charge in [-0.1, -0.05) is 75.1 Å². The van der Waals surface area contributed by atoms with Gasteiger partial charge >= 0.3 is 5.97 Å². The van der Waals surface area contributed by atoms with Gasteiger partial charge in [-0.2, -0.15) is 0 Å². The molecule has 0 bridgehead atoms. The van der Waals surface area contributed by atoms with Gasteiger partial charge in [-0.05, 0) is 149 Å². The van der Waals surface area contributed by atoms with Crippen molar-refractivity contribution >= 4 is 121 Å². The van der Waals surface area contributed by atoms with Gasteiger partial charge in [0.05, 0.1) is 11.1 Å². The maximum atomic E-state index is 12.7. The number of aromatic carboxylic acids is 1. The van der Waals surface area contributed by atoms with Crippen molar-refractivity contribution in [3.63, 3.8) is 0 Å². The maximum Gasteiger partial charge on any atom is 0.338 e. The monoisotopic (exact) mass is 1670 g/mol. The van der Waals surface area contributed by atoms with Crippen molar-refractivity contribution in [1.82, 2.24) is 43.4 Å². The normalized spacial score (nSPS) is 13.0. The lowest BCUT2D eigenvalue weighted by Gasteiger charge is -2.16. The van der Waals surface area contributed by atoms with Crippen LogP contribution in [0.4, 0.5) is 0 Å². The number of halogens is 3. The van der Waals surface area contributed by atoms with Crippen molar-refractivity contribution in [3.8, 4) is 24.2 Å². The van der Waals surface area contributed by atoms with Gasteiger partial charge in [0, 0.05) is 203 Å². The van der Waals surface area contributed by atoms with Gasteiger partial charge in [0.15, 0.2) is 0 Å². The predicted molar refractivity (Wildman–Crippen MR) is 432 cm³/mol. The molecule has 1 aliphatic heterocycles. The largest absolute Gasteiger partial charge is 0.478 e. The van der Waals surface area contributed by atoms with E-state index < -0.39 is 33.3 Å². The van der Waals surface area contributed by atoms with E-state index in [4.69, 9.17) is 31.5 Å². The summed E-state index contributed by atoms with van der Waals surface area (Å²) in [5.74, 6) is 6.28. The molecule has 1 saturated heterocycles. The molecule has 572 valence electrons. The minimum absolute atomic E-state index is 0.0353. The first-order chi connectivity index (χ1) is 48.2. The average molecular weight is 1670 g/mol. The molecule has 0 saturated carbocycles. The lowest BCUT2D eigenvalue weighted by atomic mass is 9.99. The molecule has 0 unspecified atom stereocenters. The van der Waals surface area contributed by atoms with Crippen molar-refractivity contribution in [3.05, 3.63) is 141 Å². The summed E-state index contributed by atoms with van der Waals surface area (Å²) < 4.78 is 28.1. The summed E-state index contributed by atoms with van der Waals surface area (Å²) >= 11 is 10.3. The zero-order valence-electron chi connectivity index (χ0n) is 64.7. The third-order valence-corrected chi connectivity index (χ3v) is 21.4. The van der Waals surface area contributed by atoms with Gasteiger partial charge in [0.1, 0.15) is 35.7 Å². The molecule has 24 nitrogen and oxygen atoms in total. The van der Waals surface area contributed by atoms with E-state index in [-0.39, 0.29) is 59.0 Å². The number of aryl methyl sites for hydroxylation is 4. The smallest absolute Gasteiger partial charge is 0.338 e. The SMILES string of the molecule is C#CC(C)(C)O.C1CCOC1.CCN.CCNC(=O)C1=C(C)Cc2c1c(Br)cn(C)c2=O.CCNC(=O)C1=C(C)Cc2c1c(C#CC(C)(C)O)cn(C)c2=O.CNC(=O)c1c(C)n(COCC[Si](C)(C)C)c2c(=O)n(C)cc(Br)c12.Cc1c(C(=O)O)c2c(Br)cn(C)c(=O)c2n1COCC[Si](C)(C)C. The highest BCUT2D eigenvalue weighted by atomic mass is 79.9. The van der Waals surface area contributed by atoms with E-state index >= 15 is 0 Å². The third kappa shape index (κ3) is 25.1. The number of fused-ring (bicyclic) bond motifs is 4. The number of ether oxygens (including phenoxy) is 3. The Hall–Kier alpha value is -7.01. The third-order valence-electron chi connectivity index (χ3n) is 16.2. The molecule has 6 aromatic rings. The van der Waals surface area contributed by atoms with Crippen LogP contribution in [0.3, 0.4) is 0 Å². The number of hydrogen-bond acceptors (Lipinski definition) is 14. The fourth-order valence-corrected chi connectivity index (χ4v) is 14.5. The van der Waals surface area contributed by atoms with Crippen LogP contribution in [0.5, 0.6) is 0 Å². The van der Waals surface area contributed by atoms with E-state index in [2.05, 4.69) is 121 Å². The molecule has 7 heterocycles. The number of aliphatic hydroxyl groups is 2. The highest BCUT2D eigenvalue weighted by Crippen LogP contribution is 2.37. The van der Waals surface area contributed by atoms with E-state index in [1.165, 1.54) is 31.1 Å². The second-order valence-electron chi connectivity index (χ2n) is 28.8. The zero-order chi connectivity index (χ0) is 79.4. The van der Waals surface area contributed by atoms with Crippen molar-refractivity contribution in [2.24, 2.45) is 33.9 Å². The first-order valence-electron chi connectivity index (χ1n) is 34.4. The molecule has 0 aromatic carbocycles. The van der Waals surface area contributed by atoms with Gasteiger partial charge in [-0.25, -0.2) is 4.79 Å². The second-order valence-corrected chi connectivity index (χ2v) is 42.6. The van der Waals surface area contributed by atoms with Crippen molar-refractivity contribution in [2.75, 3.05) is 53.1 Å². The number of carboxylic acids is 1. The van der Waals surface area contributed by atoms with E-state index in [1.54, 1.807) is 104 Å². The van der Waals surface area contributed by atoms with Crippen LogP contribution in [0.2, 0.25) is 51.4 Å². The summed E-state index contributed by atoms with van der Waals surface area (Å²) in [4.78, 5) is 98.3. The Kier molecular flexibility index (Phi) is 35.2. The highest BCUT2D eigenvalue weighted by molar-refractivity contribution is 9.11. The predicted octanol–water partition coefficient (Wildman–Crippen LogP) is 10.2. The Bertz CT molecular complexity index is 4540. The molecule has 3 aliphatic rings. The van der Waals surface area contributed by atoms with Crippen LogP contribution < -0.4 is 43.9 Å². The van der Waals surface area contributed by atoms with Crippen LogP contribution in [0.25, 0.3) is 33.0 Å². The summed E-state index contributed by atoms with van der Waals surface area (Å²) in [6.07, 6.45) is 15.0. The number of terminal acetylenes is 1. The number of aromatic nitrogens is 6. The molecule has 104 heavy (non-hydrogen) atoms. The number of allylic oxidation sites excluding steroid dienone is 2. The van der Waals surface area contributed by atoms with Crippen molar-refractivity contribution < 1.29 is 48.7 Å². The number of nitrogens with zero attached hydrogens (tertiary/aromatic N) is 6. The Morgan fingerprint density at radius 1 is 0.615 bits per heavy atom. The number of carbonyl (C=O) groups is 4. The molecular formula is C75H109Br3N10O14Si2.